The van der Waals surface area contributed by atoms with Crippen LogP contribution in [0.1, 0.15) is 46.5 Å². The molecule has 0 saturated carbocycles. The van der Waals surface area contributed by atoms with Gasteiger partial charge >= 0.3 is 0 Å². The van der Waals surface area contributed by atoms with E-state index < -0.39 is 5.54 Å². The lowest BCUT2D eigenvalue weighted by molar-refractivity contribution is -0.120. The minimum absolute atomic E-state index is 0. The van der Waals surface area contributed by atoms with E-state index in [9.17, 15) is 4.79 Å². The Balaban J connectivity index is 0.00000400. The predicted octanol–water partition coefficient (Wildman–Crippen LogP) is 3.74. The fourth-order valence-electron chi connectivity index (χ4n) is 1.90. The Labute approximate surface area is 133 Å². The number of unbranched alkanes of at least 4 members (excludes halogenated alkanes) is 1. The Morgan fingerprint density at radius 3 is 2.67 bits per heavy atom. The Hall–Kier alpha value is -1.26. The Morgan fingerprint density at radius 1 is 1.33 bits per heavy atom. The molecule has 1 atom stereocenters. The summed E-state index contributed by atoms with van der Waals surface area (Å²) < 4.78 is 5.62. The first kappa shape index (κ1) is 19.7. The van der Waals surface area contributed by atoms with Crippen LogP contribution in [-0.4, -0.2) is 18.1 Å². The summed E-state index contributed by atoms with van der Waals surface area (Å²) >= 11 is 0. The Bertz CT molecular complexity index is 436. The van der Waals surface area contributed by atoms with E-state index in [0.717, 1.165) is 30.7 Å². The van der Waals surface area contributed by atoms with E-state index in [4.69, 9.17) is 10.5 Å². The van der Waals surface area contributed by atoms with Gasteiger partial charge in [-0.15, -0.1) is 12.4 Å². The summed E-state index contributed by atoms with van der Waals surface area (Å²) in [4.78, 5) is 12.1. The fourth-order valence-corrected chi connectivity index (χ4v) is 1.90. The third-order valence-corrected chi connectivity index (χ3v) is 3.15. The number of nitrogens with one attached hydrogen (secondary N) is 1. The van der Waals surface area contributed by atoms with Crippen LogP contribution < -0.4 is 15.8 Å². The molecule has 120 valence electrons. The van der Waals surface area contributed by atoms with Gasteiger partial charge in [0.1, 0.15) is 5.75 Å². The second-order valence-electron chi connectivity index (χ2n) is 5.35. The summed E-state index contributed by atoms with van der Waals surface area (Å²) in [5.74, 6) is 0.607. The Morgan fingerprint density at radius 2 is 2.05 bits per heavy atom. The quantitative estimate of drug-likeness (QED) is 0.718. The van der Waals surface area contributed by atoms with Crippen molar-refractivity contribution in [2.45, 2.75) is 52.0 Å². The van der Waals surface area contributed by atoms with Crippen molar-refractivity contribution in [3.8, 4) is 5.75 Å². The van der Waals surface area contributed by atoms with E-state index in [1.807, 2.05) is 31.2 Å². The molecule has 0 heterocycles. The van der Waals surface area contributed by atoms with Gasteiger partial charge < -0.3 is 15.8 Å². The number of nitrogens with two attached hydrogens (primary N) is 1. The molecule has 0 radical (unpaired) electrons. The highest BCUT2D eigenvalue weighted by molar-refractivity contribution is 5.97. The largest absolute Gasteiger partial charge is 0.494 e. The van der Waals surface area contributed by atoms with Gasteiger partial charge in [-0.05, 0) is 31.9 Å². The molecular weight excluding hydrogens is 288 g/mol. The number of hydrogen-bond acceptors (Lipinski definition) is 3. The number of hydrogen-bond donors (Lipinski definition) is 2. The van der Waals surface area contributed by atoms with Crippen molar-refractivity contribution in [2.75, 3.05) is 11.9 Å². The van der Waals surface area contributed by atoms with Crippen LogP contribution in [0.2, 0.25) is 0 Å². The molecule has 21 heavy (non-hydrogen) atoms. The van der Waals surface area contributed by atoms with Crippen molar-refractivity contribution < 1.29 is 9.53 Å². The molecular formula is C16H27ClN2O2. The van der Waals surface area contributed by atoms with Crippen LogP contribution in [0.3, 0.4) is 0 Å². The van der Waals surface area contributed by atoms with Crippen molar-refractivity contribution >= 4 is 24.0 Å². The zero-order valence-electron chi connectivity index (χ0n) is 13.1. The summed E-state index contributed by atoms with van der Waals surface area (Å²) in [6.45, 7) is 6.59. The van der Waals surface area contributed by atoms with Crippen molar-refractivity contribution in [3.63, 3.8) is 0 Å². The molecule has 0 aliphatic carbocycles. The predicted molar refractivity (Wildman–Crippen MR) is 90.2 cm³/mol. The molecule has 4 nitrogen and oxygen atoms in total. The van der Waals surface area contributed by atoms with Crippen LogP contribution in [0.4, 0.5) is 5.69 Å². The number of halogens is 1. The van der Waals surface area contributed by atoms with Gasteiger partial charge in [0.25, 0.3) is 0 Å². The zero-order chi connectivity index (χ0) is 15.0. The van der Waals surface area contributed by atoms with Crippen LogP contribution in [0.25, 0.3) is 0 Å². The summed E-state index contributed by atoms with van der Waals surface area (Å²) in [6.07, 6.45) is 3.65. The lowest BCUT2D eigenvalue weighted by atomic mass is 9.96. The third kappa shape index (κ3) is 6.82. The van der Waals surface area contributed by atoms with Crippen molar-refractivity contribution in [3.05, 3.63) is 24.3 Å². The number of amides is 1. The third-order valence-electron chi connectivity index (χ3n) is 3.15. The highest BCUT2D eigenvalue weighted by Gasteiger charge is 2.27. The molecule has 1 rings (SSSR count). The van der Waals surface area contributed by atoms with E-state index in [2.05, 4.69) is 12.2 Å². The van der Waals surface area contributed by atoms with Crippen molar-refractivity contribution in [2.24, 2.45) is 5.73 Å². The molecule has 5 heteroatoms. The molecule has 1 aromatic carbocycles. The normalized spacial score (nSPS) is 13.0. The first-order chi connectivity index (χ1) is 9.49. The van der Waals surface area contributed by atoms with Crippen molar-refractivity contribution in [1.82, 2.24) is 0 Å². The van der Waals surface area contributed by atoms with Gasteiger partial charge in [-0.2, -0.15) is 0 Å². The van der Waals surface area contributed by atoms with Crippen LogP contribution in [0, 0.1) is 0 Å². The maximum absolute atomic E-state index is 12.1. The molecule has 1 aromatic rings. The summed E-state index contributed by atoms with van der Waals surface area (Å²) in [5, 5.41) is 2.85. The SMILES string of the molecule is CCCCOc1cccc(NC(=O)C(C)(N)CCC)c1.Cl. The van der Waals surface area contributed by atoms with Gasteiger partial charge in [0, 0.05) is 11.8 Å². The minimum atomic E-state index is -0.839. The van der Waals surface area contributed by atoms with Gasteiger partial charge in [-0.1, -0.05) is 32.8 Å². The lowest BCUT2D eigenvalue weighted by Crippen LogP contribution is -2.48. The standard InChI is InChI=1S/C16H26N2O2.ClH/c1-4-6-11-20-14-9-7-8-13(12-14)18-15(19)16(3,17)10-5-2;/h7-9,12H,4-6,10-11,17H2,1-3H3,(H,18,19);1H. The number of carbonyl (C=O) groups excluding carboxylic acids is 1. The molecule has 0 aliphatic rings. The first-order valence-electron chi connectivity index (χ1n) is 7.32. The smallest absolute Gasteiger partial charge is 0.244 e. The van der Waals surface area contributed by atoms with E-state index in [0.29, 0.717) is 13.0 Å². The van der Waals surface area contributed by atoms with Gasteiger partial charge in [0.2, 0.25) is 5.91 Å². The van der Waals surface area contributed by atoms with E-state index in [1.54, 1.807) is 6.92 Å². The lowest BCUT2D eigenvalue weighted by Gasteiger charge is -2.23. The average molecular weight is 315 g/mol. The number of anilines is 1. The number of rotatable bonds is 8. The summed E-state index contributed by atoms with van der Waals surface area (Å²) in [5.41, 5.74) is 5.89. The number of benzene rings is 1. The van der Waals surface area contributed by atoms with Crippen LogP contribution in [-0.2, 0) is 4.79 Å². The molecule has 0 saturated heterocycles. The molecule has 1 unspecified atom stereocenters. The van der Waals surface area contributed by atoms with Gasteiger partial charge in [0.05, 0.1) is 12.1 Å². The maximum atomic E-state index is 12.1. The maximum Gasteiger partial charge on any atom is 0.244 e. The van der Waals surface area contributed by atoms with Gasteiger partial charge in [-0.25, -0.2) is 0 Å². The number of ether oxygens (including phenoxy) is 1. The fraction of sp³-hybridized carbons (Fsp3) is 0.562. The molecule has 0 aliphatic heterocycles. The first-order valence-corrected chi connectivity index (χ1v) is 7.32. The monoisotopic (exact) mass is 314 g/mol. The summed E-state index contributed by atoms with van der Waals surface area (Å²) in [7, 11) is 0. The van der Waals surface area contributed by atoms with Crippen LogP contribution in [0.5, 0.6) is 5.75 Å². The van der Waals surface area contributed by atoms with Crippen molar-refractivity contribution in [1.29, 1.82) is 0 Å². The highest BCUT2D eigenvalue weighted by Crippen LogP contribution is 2.19. The number of carbonyl (C=O) groups is 1. The molecule has 0 bridgehead atoms. The second-order valence-corrected chi connectivity index (χ2v) is 5.35. The van der Waals surface area contributed by atoms with Crippen LogP contribution in [0.15, 0.2) is 24.3 Å². The Kier molecular flexibility index (Phi) is 9.06. The average Bonchev–Trinajstić information content (AvgIpc) is 2.39. The summed E-state index contributed by atoms with van der Waals surface area (Å²) in [6, 6.07) is 7.42. The van der Waals surface area contributed by atoms with E-state index in [-0.39, 0.29) is 18.3 Å². The zero-order valence-corrected chi connectivity index (χ0v) is 14.0. The highest BCUT2D eigenvalue weighted by atomic mass is 35.5. The molecule has 3 N–H and O–H groups in total. The second kappa shape index (κ2) is 9.64. The van der Waals surface area contributed by atoms with Gasteiger partial charge in [0.15, 0.2) is 0 Å². The van der Waals surface area contributed by atoms with E-state index in [1.165, 1.54) is 0 Å². The molecule has 0 spiro atoms. The van der Waals surface area contributed by atoms with Crippen LogP contribution >= 0.6 is 12.4 Å². The topological polar surface area (TPSA) is 64.3 Å². The molecule has 0 aromatic heterocycles. The molecule has 1 amide bonds. The van der Waals surface area contributed by atoms with Gasteiger partial charge in [-0.3, -0.25) is 4.79 Å². The van der Waals surface area contributed by atoms with E-state index >= 15 is 0 Å². The minimum Gasteiger partial charge on any atom is -0.494 e. The molecule has 0 fully saturated rings.